The Morgan fingerprint density at radius 2 is 1.83 bits per heavy atom. The molecule has 2 amide bonds. The quantitative estimate of drug-likeness (QED) is 0.740. The van der Waals surface area contributed by atoms with Crippen molar-refractivity contribution in [2.45, 2.75) is 51.1 Å². The molecule has 2 unspecified atom stereocenters. The molecule has 1 aliphatic carbocycles. The molecular weight excluding hydrogens is 230 g/mol. The summed E-state index contributed by atoms with van der Waals surface area (Å²) in [5.74, 6) is 0.386. The van der Waals surface area contributed by atoms with E-state index in [1.165, 1.54) is 0 Å². The van der Waals surface area contributed by atoms with Crippen LogP contribution in [0, 0.1) is 5.92 Å². The Kier molecular flexibility index (Phi) is 4.22. The molecule has 0 aromatic rings. The number of hydrogen-bond acceptors (Lipinski definition) is 3. The molecule has 2 atom stereocenters. The van der Waals surface area contributed by atoms with Crippen LogP contribution in [0.15, 0.2) is 0 Å². The van der Waals surface area contributed by atoms with Gasteiger partial charge in [-0.3, -0.25) is 9.59 Å². The van der Waals surface area contributed by atoms with E-state index < -0.39 is 0 Å². The van der Waals surface area contributed by atoms with Crippen LogP contribution < -0.4 is 11.1 Å². The molecule has 1 saturated carbocycles. The van der Waals surface area contributed by atoms with E-state index in [2.05, 4.69) is 5.32 Å². The molecule has 0 aromatic heterocycles. The third kappa shape index (κ3) is 3.22. The number of amides is 2. The van der Waals surface area contributed by atoms with Gasteiger partial charge in [-0.25, -0.2) is 0 Å². The molecule has 2 fully saturated rings. The highest BCUT2D eigenvalue weighted by atomic mass is 16.2. The SMILES string of the molecule is CC(=O)N1CCC(NC(=O)C2CCC(N)C2)CC1. The summed E-state index contributed by atoms with van der Waals surface area (Å²) in [7, 11) is 0. The highest BCUT2D eigenvalue weighted by molar-refractivity contribution is 5.79. The Hall–Kier alpha value is -1.10. The minimum absolute atomic E-state index is 0.103. The number of nitrogens with zero attached hydrogens (tertiary/aromatic N) is 1. The molecule has 2 aliphatic rings. The first kappa shape index (κ1) is 13.3. The Balaban J connectivity index is 1.74. The van der Waals surface area contributed by atoms with E-state index in [1.54, 1.807) is 6.92 Å². The smallest absolute Gasteiger partial charge is 0.223 e. The summed E-state index contributed by atoms with van der Waals surface area (Å²) in [6.45, 7) is 3.10. The average Bonchev–Trinajstić information content (AvgIpc) is 2.76. The molecule has 5 heteroatoms. The van der Waals surface area contributed by atoms with E-state index in [9.17, 15) is 9.59 Å². The van der Waals surface area contributed by atoms with Gasteiger partial charge < -0.3 is 16.0 Å². The second-order valence-corrected chi connectivity index (χ2v) is 5.56. The Morgan fingerprint density at radius 3 is 2.33 bits per heavy atom. The van der Waals surface area contributed by atoms with E-state index >= 15 is 0 Å². The summed E-state index contributed by atoms with van der Waals surface area (Å²) < 4.78 is 0. The van der Waals surface area contributed by atoms with Crippen molar-refractivity contribution < 1.29 is 9.59 Å². The van der Waals surface area contributed by atoms with Gasteiger partial charge >= 0.3 is 0 Å². The van der Waals surface area contributed by atoms with Gasteiger partial charge in [0.15, 0.2) is 0 Å². The zero-order valence-electron chi connectivity index (χ0n) is 11.0. The first-order valence-corrected chi connectivity index (χ1v) is 6.87. The third-order valence-electron chi connectivity index (χ3n) is 4.13. The number of hydrogen-bond donors (Lipinski definition) is 2. The summed E-state index contributed by atoms with van der Waals surface area (Å²) in [6, 6.07) is 0.422. The van der Waals surface area contributed by atoms with Crippen molar-refractivity contribution in [3.8, 4) is 0 Å². The van der Waals surface area contributed by atoms with Crippen molar-refractivity contribution in [3.05, 3.63) is 0 Å². The molecule has 102 valence electrons. The summed E-state index contributed by atoms with van der Waals surface area (Å²) in [6.07, 6.45) is 4.42. The number of likely N-dealkylation sites (tertiary alicyclic amines) is 1. The summed E-state index contributed by atoms with van der Waals surface area (Å²) in [4.78, 5) is 25.1. The molecule has 5 nitrogen and oxygen atoms in total. The van der Waals surface area contributed by atoms with Crippen LogP contribution in [0.1, 0.15) is 39.0 Å². The topological polar surface area (TPSA) is 75.4 Å². The van der Waals surface area contributed by atoms with E-state index in [0.717, 1.165) is 45.2 Å². The van der Waals surface area contributed by atoms with Crippen LogP contribution in [0.3, 0.4) is 0 Å². The lowest BCUT2D eigenvalue weighted by atomic mass is 10.0. The van der Waals surface area contributed by atoms with Crippen LogP contribution >= 0.6 is 0 Å². The van der Waals surface area contributed by atoms with Crippen LogP contribution in [0.2, 0.25) is 0 Å². The van der Waals surface area contributed by atoms with Gasteiger partial charge in [0.05, 0.1) is 0 Å². The second kappa shape index (κ2) is 5.69. The molecule has 0 spiro atoms. The van der Waals surface area contributed by atoms with Gasteiger partial charge in [-0.15, -0.1) is 0 Å². The van der Waals surface area contributed by atoms with Crippen molar-refractivity contribution in [1.29, 1.82) is 0 Å². The minimum Gasteiger partial charge on any atom is -0.353 e. The lowest BCUT2D eigenvalue weighted by molar-refractivity contribution is -0.130. The maximum atomic E-state index is 12.0. The van der Waals surface area contributed by atoms with Crippen molar-refractivity contribution in [2.75, 3.05) is 13.1 Å². The van der Waals surface area contributed by atoms with Gasteiger partial charge in [0, 0.05) is 38.0 Å². The van der Waals surface area contributed by atoms with Crippen LogP contribution in [-0.2, 0) is 9.59 Å². The van der Waals surface area contributed by atoms with Crippen LogP contribution in [0.5, 0.6) is 0 Å². The molecule has 1 heterocycles. The maximum Gasteiger partial charge on any atom is 0.223 e. The predicted molar refractivity (Wildman–Crippen MR) is 68.7 cm³/mol. The number of nitrogens with two attached hydrogens (primary N) is 1. The van der Waals surface area contributed by atoms with Crippen molar-refractivity contribution in [1.82, 2.24) is 10.2 Å². The first-order chi connectivity index (χ1) is 8.56. The van der Waals surface area contributed by atoms with Crippen molar-refractivity contribution >= 4 is 11.8 Å². The predicted octanol–water partition coefficient (Wildman–Crippen LogP) is 0.241. The van der Waals surface area contributed by atoms with Gasteiger partial charge in [-0.1, -0.05) is 0 Å². The van der Waals surface area contributed by atoms with Gasteiger partial charge in [0.25, 0.3) is 0 Å². The number of nitrogens with one attached hydrogen (secondary N) is 1. The maximum absolute atomic E-state index is 12.0. The molecule has 1 saturated heterocycles. The lowest BCUT2D eigenvalue weighted by Crippen LogP contribution is -2.47. The molecule has 1 aliphatic heterocycles. The molecule has 0 bridgehead atoms. The van der Waals surface area contributed by atoms with E-state index in [-0.39, 0.29) is 29.8 Å². The van der Waals surface area contributed by atoms with Gasteiger partial charge in [0.1, 0.15) is 0 Å². The fourth-order valence-corrected chi connectivity index (χ4v) is 2.91. The minimum atomic E-state index is 0.103. The number of carbonyl (C=O) groups excluding carboxylic acids is 2. The molecule has 0 aromatic carbocycles. The van der Waals surface area contributed by atoms with Crippen LogP contribution in [0.4, 0.5) is 0 Å². The lowest BCUT2D eigenvalue weighted by Gasteiger charge is -2.32. The molecule has 18 heavy (non-hydrogen) atoms. The Morgan fingerprint density at radius 1 is 1.17 bits per heavy atom. The highest BCUT2D eigenvalue weighted by Gasteiger charge is 2.30. The van der Waals surface area contributed by atoms with E-state index in [4.69, 9.17) is 5.73 Å². The van der Waals surface area contributed by atoms with Gasteiger partial charge in [-0.05, 0) is 32.1 Å². The number of rotatable bonds is 2. The summed E-state index contributed by atoms with van der Waals surface area (Å²) in [5, 5.41) is 3.11. The zero-order chi connectivity index (χ0) is 13.1. The largest absolute Gasteiger partial charge is 0.353 e. The van der Waals surface area contributed by atoms with Gasteiger partial charge in [0.2, 0.25) is 11.8 Å². The fraction of sp³-hybridized carbons (Fsp3) is 0.846. The van der Waals surface area contributed by atoms with Crippen molar-refractivity contribution in [2.24, 2.45) is 11.7 Å². The zero-order valence-corrected chi connectivity index (χ0v) is 11.0. The van der Waals surface area contributed by atoms with Crippen molar-refractivity contribution in [3.63, 3.8) is 0 Å². The molecular formula is C13H23N3O2. The molecule has 2 rings (SSSR count). The summed E-state index contributed by atoms with van der Waals surface area (Å²) in [5.41, 5.74) is 5.82. The van der Waals surface area contributed by atoms with E-state index in [0.29, 0.717) is 0 Å². The van der Waals surface area contributed by atoms with Crippen LogP contribution in [0.25, 0.3) is 0 Å². The van der Waals surface area contributed by atoms with Crippen LogP contribution in [-0.4, -0.2) is 41.9 Å². The molecule has 3 N–H and O–H groups in total. The fourth-order valence-electron chi connectivity index (χ4n) is 2.91. The first-order valence-electron chi connectivity index (χ1n) is 6.87. The Bertz CT molecular complexity index is 324. The second-order valence-electron chi connectivity index (χ2n) is 5.56. The molecule has 0 radical (unpaired) electrons. The average molecular weight is 253 g/mol. The summed E-state index contributed by atoms with van der Waals surface area (Å²) >= 11 is 0. The third-order valence-corrected chi connectivity index (χ3v) is 4.13. The van der Waals surface area contributed by atoms with Gasteiger partial charge in [-0.2, -0.15) is 0 Å². The van der Waals surface area contributed by atoms with E-state index in [1.807, 2.05) is 4.90 Å². The number of carbonyl (C=O) groups is 2. The normalized spacial score (nSPS) is 29.3. The monoisotopic (exact) mass is 253 g/mol. The standard InChI is InChI=1S/C13H23N3O2/c1-9(17)16-6-4-12(5-7-16)15-13(18)10-2-3-11(14)8-10/h10-12H,2-8,14H2,1H3,(H,15,18). The Labute approximate surface area is 108 Å². The number of piperidine rings is 1. The highest BCUT2D eigenvalue weighted by Crippen LogP contribution is 2.24.